The number of aryl methyl sites for hydroxylation is 1. The number of hydrogen-bond acceptors (Lipinski definition) is 3. The number of phenols is 2. The van der Waals surface area contributed by atoms with Crippen molar-refractivity contribution in [1.29, 1.82) is 0 Å². The molecule has 0 aliphatic heterocycles. The largest absolute Gasteiger partial charge is 0.504 e. The fourth-order valence-corrected chi connectivity index (χ4v) is 2.07. The first-order valence-corrected chi connectivity index (χ1v) is 7.16. The summed E-state index contributed by atoms with van der Waals surface area (Å²) < 4.78 is 0. The summed E-state index contributed by atoms with van der Waals surface area (Å²) in [6.07, 6.45) is 7.34. The zero-order valence-electron chi connectivity index (χ0n) is 11.7. The highest BCUT2D eigenvalue weighted by molar-refractivity contribution is 5.78. The normalized spacial score (nSPS) is 10.6. The van der Waals surface area contributed by atoms with Crippen LogP contribution in [0.2, 0.25) is 0 Å². The highest BCUT2D eigenvalue weighted by atomic mass is 16.3. The van der Waals surface area contributed by atoms with Crippen molar-refractivity contribution in [3.63, 3.8) is 0 Å². The molecule has 0 saturated heterocycles. The molecule has 1 aromatic rings. The van der Waals surface area contributed by atoms with Crippen LogP contribution in [0.1, 0.15) is 57.4 Å². The van der Waals surface area contributed by atoms with Gasteiger partial charge in [0.2, 0.25) is 0 Å². The first-order chi connectivity index (χ1) is 9.13. The fourth-order valence-electron chi connectivity index (χ4n) is 2.07. The molecular weight excluding hydrogens is 240 g/mol. The molecular formula is C16H24O3. The Balaban J connectivity index is 2.16. The molecule has 0 heterocycles. The van der Waals surface area contributed by atoms with Crippen molar-refractivity contribution in [3.8, 4) is 11.5 Å². The van der Waals surface area contributed by atoms with Crippen LogP contribution in [0.5, 0.6) is 11.5 Å². The van der Waals surface area contributed by atoms with Gasteiger partial charge in [-0.1, -0.05) is 25.8 Å². The molecule has 1 rings (SSSR count). The van der Waals surface area contributed by atoms with Gasteiger partial charge in [0.1, 0.15) is 5.78 Å². The summed E-state index contributed by atoms with van der Waals surface area (Å²) in [5.41, 5.74) is 0.994. The molecule has 1 aromatic carbocycles. The van der Waals surface area contributed by atoms with Crippen LogP contribution in [0.4, 0.5) is 0 Å². The van der Waals surface area contributed by atoms with Crippen molar-refractivity contribution < 1.29 is 15.0 Å². The minimum Gasteiger partial charge on any atom is -0.504 e. The van der Waals surface area contributed by atoms with Crippen molar-refractivity contribution in [2.75, 3.05) is 0 Å². The predicted octanol–water partition coefficient (Wildman–Crippen LogP) is 3.96. The predicted molar refractivity (Wildman–Crippen MR) is 76.5 cm³/mol. The fraction of sp³-hybridized carbons (Fsp3) is 0.562. The van der Waals surface area contributed by atoms with Crippen molar-refractivity contribution in [2.45, 2.75) is 58.3 Å². The second-order valence-corrected chi connectivity index (χ2v) is 5.03. The van der Waals surface area contributed by atoms with Crippen LogP contribution in [-0.2, 0) is 11.2 Å². The third-order valence-corrected chi connectivity index (χ3v) is 3.27. The molecule has 0 aromatic heterocycles. The van der Waals surface area contributed by atoms with Gasteiger partial charge >= 0.3 is 0 Å². The van der Waals surface area contributed by atoms with Crippen molar-refractivity contribution in [1.82, 2.24) is 0 Å². The van der Waals surface area contributed by atoms with E-state index in [0.29, 0.717) is 18.6 Å². The number of rotatable bonds is 9. The topological polar surface area (TPSA) is 57.5 Å². The van der Waals surface area contributed by atoms with E-state index in [0.717, 1.165) is 44.1 Å². The Kier molecular flexibility index (Phi) is 7.01. The third-order valence-electron chi connectivity index (χ3n) is 3.27. The van der Waals surface area contributed by atoms with Gasteiger partial charge < -0.3 is 10.2 Å². The minimum atomic E-state index is -0.0881. The number of unbranched alkanes of at least 4 members (excludes halogenated alkanes) is 3. The first-order valence-electron chi connectivity index (χ1n) is 7.16. The monoisotopic (exact) mass is 264 g/mol. The van der Waals surface area contributed by atoms with E-state index in [4.69, 9.17) is 0 Å². The molecule has 2 N–H and O–H groups in total. The molecule has 0 aliphatic rings. The van der Waals surface area contributed by atoms with Gasteiger partial charge in [-0.15, -0.1) is 0 Å². The van der Waals surface area contributed by atoms with E-state index in [9.17, 15) is 15.0 Å². The summed E-state index contributed by atoms with van der Waals surface area (Å²) in [5.74, 6) is 0.199. The maximum Gasteiger partial charge on any atom is 0.157 e. The molecule has 0 saturated carbocycles. The molecule has 106 valence electrons. The average Bonchev–Trinajstić information content (AvgIpc) is 2.39. The molecule has 0 atom stereocenters. The molecule has 0 fully saturated rings. The minimum absolute atomic E-state index is 0.0758. The zero-order valence-corrected chi connectivity index (χ0v) is 11.7. The number of Topliss-reactive ketones (excluding diaryl/α,β-unsaturated/α-hetero) is 1. The Bertz CT molecular complexity index is 399. The molecule has 3 nitrogen and oxygen atoms in total. The lowest BCUT2D eigenvalue weighted by molar-refractivity contribution is -0.119. The Hall–Kier alpha value is -1.51. The second kappa shape index (κ2) is 8.57. The SMILES string of the molecule is CCCCCC(=O)CCCCc1ccc(O)c(O)c1. The van der Waals surface area contributed by atoms with E-state index in [-0.39, 0.29) is 11.5 Å². The van der Waals surface area contributed by atoms with Gasteiger partial charge in [-0.3, -0.25) is 4.79 Å². The van der Waals surface area contributed by atoms with E-state index >= 15 is 0 Å². The standard InChI is InChI=1S/C16H24O3/c1-2-3-4-8-14(17)9-6-5-7-13-10-11-15(18)16(19)12-13/h10-12,18-19H,2-9H2,1H3. The van der Waals surface area contributed by atoms with Crippen molar-refractivity contribution in [2.24, 2.45) is 0 Å². The summed E-state index contributed by atoms with van der Waals surface area (Å²) in [6.45, 7) is 2.14. The van der Waals surface area contributed by atoms with E-state index < -0.39 is 0 Å². The van der Waals surface area contributed by atoms with Crippen LogP contribution < -0.4 is 0 Å². The van der Waals surface area contributed by atoms with Crippen molar-refractivity contribution in [3.05, 3.63) is 23.8 Å². The summed E-state index contributed by atoms with van der Waals surface area (Å²) in [6, 6.07) is 4.89. The Morgan fingerprint density at radius 1 is 1.00 bits per heavy atom. The lowest BCUT2D eigenvalue weighted by atomic mass is 10.0. The van der Waals surface area contributed by atoms with Gasteiger partial charge in [-0.05, 0) is 43.4 Å². The molecule has 0 spiro atoms. The molecule has 0 aliphatic carbocycles. The van der Waals surface area contributed by atoms with Crippen molar-refractivity contribution >= 4 is 5.78 Å². The number of benzene rings is 1. The van der Waals surface area contributed by atoms with Crippen LogP contribution >= 0.6 is 0 Å². The van der Waals surface area contributed by atoms with E-state index in [1.54, 1.807) is 12.1 Å². The number of aromatic hydroxyl groups is 2. The van der Waals surface area contributed by atoms with E-state index in [1.165, 1.54) is 6.07 Å². The quantitative estimate of drug-likeness (QED) is 0.524. The molecule has 0 bridgehead atoms. The average molecular weight is 264 g/mol. The Morgan fingerprint density at radius 2 is 1.68 bits per heavy atom. The number of phenolic OH excluding ortho intramolecular Hbond substituents is 2. The lowest BCUT2D eigenvalue weighted by Gasteiger charge is -2.04. The second-order valence-electron chi connectivity index (χ2n) is 5.03. The summed E-state index contributed by atoms with van der Waals surface area (Å²) in [7, 11) is 0. The summed E-state index contributed by atoms with van der Waals surface area (Å²) in [4.78, 5) is 11.6. The molecule has 0 unspecified atom stereocenters. The summed E-state index contributed by atoms with van der Waals surface area (Å²) in [5, 5.41) is 18.6. The highest BCUT2D eigenvalue weighted by Gasteiger charge is 2.03. The van der Waals surface area contributed by atoms with E-state index in [1.807, 2.05) is 0 Å². The van der Waals surface area contributed by atoms with Crippen LogP contribution in [0, 0.1) is 0 Å². The third kappa shape index (κ3) is 6.27. The smallest absolute Gasteiger partial charge is 0.157 e. The van der Waals surface area contributed by atoms with Gasteiger partial charge in [0, 0.05) is 12.8 Å². The molecule has 19 heavy (non-hydrogen) atoms. The van der Waals surface area contributed by atoms with Gasteiger partial charge in [0.05, 0.1) is 0 Å². The molecule has 0 amide bonds. The Morgan fingerprint density at radius 3 is 2.32 bits per heavy atom. The number of hydrogen-bond donors (Lipinski definition) is 2. The maximum absolute atomic E-state index is 11.6. The van der Waals surface area contributed by atoms with Gasteiger partial charge in [-0.2, -0.15) is 0 Å². The van der Waals surface area contributed by atoms with Gasteiger partial charge in [-0.25, -0.2) is 0 Å². The van der Waals surface area contributed by atoms with Crippen LogP contribution in [-0.4, -0.2) is 16.0 Å². The lowest BCUT2D eigenvalue weighted by Crippen LogP contribution is -1.98. The summed E-state index contributed by atoms with van der Waals surface area (Å²) >= 11 is 0. The highest BCUT2D eigenvalue weighted by Crippen LogP contribution is 2.25. The van der Waals surface area contributed by atoms with Crippen LogP contribution in [0.15, 0.2) is 18.2 Å². The molecule has 0 radical (unpaired) electrons. The van der Waals surface area contributed by atoms with Crippen LogP contribution in [0.25, 0.3) is 0 Å². The number of carbonyl (C=O) groups excluding carboxylic acids is 1. The van der Waals surface area contributed by atoms with Gasteiger partial charge in [0.25, 0.3) is 0 Å². The van der Waals surface area contributed by atoms with E-state index in [2.05, 4.69) is 6.92 Å². The Labute approximate surface area is 115 Å². The van der Waals surface area contributed by atoms with Crippen LogP contribution in [0.3, 0.4) is 0 Å². The zero-order chi connectivity index (χ0) is 14.1. The number of ketones is 1. The first kappa shape index (κ1) is 15.5. The van der Waals surface area contributed by atoms with Gasteiger partial charge in [0.15, 0.2) is 11.5 Å². The molecule has 3 heteroatoms. The number of carbonyl (C=O) groups is 1. The maximum atomic E-state index is 11.6.